The zero-order valence-electron chi connectivity index (χ0n) is 13.0. The van der Waals surface area contributed by atoms with Gasteiger partial charge in [0.1, 0.15) is 6.61 Å². The summed E-state index contributed by atoms with van der Waals surface area (Å²) in [5.74, 6) is -0.175. The second-order valence-corrected chi connectivity index (χ2v) is 5.97. The molecular weight excluding hydrogens is 328 g/mol. The molecule has 6 nitrogen and oxygen atoms in total. The molecule has 0 spiro atoms. The first-order valence-electron chi connectivity index (χ1n) is 7.49. The topological polar surface area (TPSA) is 81.5 Å². The van der Waals surface area contributed by atoms with Crippen LogP contribution in [0.25, 0.3) is 6.08 Å². The standard InChI is InChI=1S/C17H18N2O4S/c20-17(15(19(21)22)16-18-11-7-13-24-16)23-12-6-2-5-10-14-8-3-1-4-9-14/h1-6,8-10,18H,7,11-13H2/b6-2+,10-5+,16-15-. The Bertz CT molecular complexity index is 660. The molecule has 1 aliphatic rings. The van der Waals surface area contributed by atoms with Crippen LogP contribution in [0.15, 0.2) is 59.3 Å². The maximum absolute atomic E-state index is 11.9. The first kappa shape index (κ1) is 17.8. The normalized spacial score (nSPS) is 16.8. The first-order chi connectivity index (χ1) is 11.7. The van der Waals surface area contributed by atoms with Gasteiger partial charge in [0, 0.05) is 12.3 Å². The summed E-state index contributed by atoms with van der Waals surface area (Å²) >= 11 is 1.27. The van der Waals surface area contributed by atoms with Gasteiger partial charge in [-0.25, -0.2) is 4.79 Å². The Labute approximate surface area is 144 Å². The Balaban J connectivity index is 1.86. The zero-order valence-corrected chi connectivity index (χ0v) is 13.8. The number of carbonyl (C=O) groups excluding carboxylic acids is 1. The number of hydrogen-bond donors (Lipinski definition) is 1. The largest absolute Gasteiger partial charge is 0.453 e. The Morgan fingerprint density at radius 3 is 2.79 bits per heavy atom. The minimum atomic E-state index is -0.923. The molecule has 0 unspecified atom stereocenters. The Morgan fingerprint density at radius 1 is 1.33 bits per heavy atom. The third-order valence-corrected chi connectivity index (χ3v) is 4.21. The van der Waals surface area contributed by atoms with Crippen molar-refractivity contribution in [1.29, 1.82) is 0 Å². The third-order valence-electron chi connectivity index (χ3n) is 3.09. The molecule has 1 aromatic rings. The number of allylic oxidation sites excluding steroid dienone is 2. The predicted octanol–water partition coefficient (Wildman–Crippen LogP) is 2.97. The van der Waals surface area contributed by atoms with Crippen molar-refractivity contribution in [1.82, 2.24) is 5.32 Å². The van der Waals surface area contributed by atoms with Crippen molar-refractivity contribution in [2.45, 2.75) is 6.42 Å². The van der Waals surface area contributed by atoms with Crippen LogP contribution in [-0.2, 0) is 9.53 Å². The van der Waals surface area contributed by atoms with Crippen molar-refractivity contribution in [3.63, 3.8) is 0 Å². The molecule has 24 heavy (non-hydrogen) atoms. The predicted molar refractivity (Wildman–Crippen MR) is 94.7 cm³/mol. The van der Waals surface area contributed by atoms with Gasteiger partial charge in [-0.2, -0.15) is 0 Å². The van der Waals surface area contributed by atoms with Crippen LogP contribution in [0.1, 0.15) is 12.0 Å². The summed E-state index contributed by atoms with van der Waals surface area (Å²) in [7, 11) is 0. The van der Waals surface area contributed by atoms with Crippen molar-refractivity contribution in [3.05, 3.63) is 75.0 Å². The number of carbonyl (C=O) groups is 1. The molecule has 1 N–H and O–H groups in total. The Morgan fingerprint density at radius 2 is 2.12 bits per heavy atom. The lowest BCUT2D eigenvalue weighted by atomic mass is 10.2. The second kappa shape index (κ2) is 9.57. The van der Waals surface area contributed by atoms with Crippen LogP contribution in [0.5, 0.6) is 0 Å². The van der Waals surface area contributed by atoms with Gasteiger partial charge in [-0.05, 0) is 18.1 Å². The molecule has 7 heteroatoms. The lowest BCUT2D eigenvalue weighted by Crippen LogP contribution is -2.26. The molecule has 0 radical (unpaired) electrons. The molecule has 1 fully saturated rings. The van der Waals surface area contributed by atoms with E-state index in [-0.39, 0.29) is 11.6 Å². The van der Waals surface area contributed by atoms with Crippen LogP contribution in [-0.4, -0.2) is 29.8 Å². The summed E-state index contributed by atoms with van der Waals surface area (Å²) in [5, 5.41) is 14.3. The van der Waals surface area contributed by atoms with E-state index in [0.717, 1.165) is 17.7 Å². The van der Waals surface area contributed by atoms with Gasteiger partial charge >= 0.3 is 11.7 Å². The van der Waals surface area contributed by atoms with E-state index in [1.807, 2.05) is 42.5 Å². The Hall–Kier alpha value is -2.54. The average Bonchev–Trinajstić information content (AvgIpc) is 2.59. The van der Waals surface area contributed by atoms with Gasteiger partial charge in [-0.15, -0.1) is 11.8 Å². The summed E-state index contributed by atoms with van der Waals surface area (Å²) in [6.07, 6.45) is 7.98. The highest BCUT2D eigenvalue weighted by atomic mass is 32.2. The maximum atomic E-state index is 11.9. The van der Waals surface area contributed by atoms with Crippen LogP contribution < -0.4 is 5.32 Å². The fourth-order valence-electron chi connectivity index (χ4n) is 1.96. The third kappa shape index (κ3) is 5.58. The minimum absolute atomic E-state index is 0.0206. The molecular formula is C17H18N2O4S. The smallest absolute Gasteiger partial charge is 0.413 e. The number of esters is 1. The van der Waals surface area contributed by atoms with Gasteiger partial charge in [0.05, 0.1) is 4.92 Å². The molecule has 2 rings (SSSR count). The fraction of sp³-hybridized carbons (Fsp3) is 0.235. The van der Waals surface area contributed by atoms with Gasteiger partial charge in [0.15, 0.2) is 5.03 Å². The van der Waals surface area contributed by atoms with Crippen molar-refractivity contribution in [2.75, 3.05) is 18.9 Å². The molecule has 0 aliphatic carbocycles. The first-order valence-corrected chi connectivity index (χ1v) is 8.48. The number of benzene rings is 1. The molecule has 0 amide bonds. The maximum Gasteiger partial charge on any atom is 0.413 e. The quantitative estimate of drug-likeness (QED) is 0.280. The number of rotatable bonds is 6. The molecule has 0 saturated carbocycles. The summed E-state index contributed by atoms with van der Waals surface area (Å²) < 4.78 is 4.96. The van der Waals surface area contributed by atoms with Crippen molar-refractivity contribution >= 4 is 23.8 Å². The lowest BCUT2D eigenvalue weighted by molar-refractivity contribution is -0.422. The molecule has 126 valence electrons. The number of thioether (sulfide) groups is 1. The molecule has 0 aromatic heterocycles. The lowest BCUT2D eigenvalue weighted by Gasteiger charge is -2.15. The monoisotopic (exact) mass is 346 g/mol. The summed E-state index contributed by atoms with van der Waals surface area (Å²) in [4.78, 5) is 22.3. The van der Waals surface area contributed by atoms with Gasteiger partial charge in [-0.1, -0.05) is 48.6 Å². The van der Waals surface area contributed by atoms with E-state index in [9.17, 15) is 14.9 Å². The number of nitrogens with zero attached hydrogens (tertiary/aromatic N) is 1. The van der Waals surface area contributed by atoms with Gasteiger partial charge in [0.2, 0.25) is 0 Å². The average molecular weight is 346 g/mol. The van der Waals surface area contributed by atoms with Crippen LogP contribution in [0.4, 0.5) is 0 Å². The van der Waals surface area contributed by atoms with E-state index in [1.165, 1.54) is 11.8 Å². The van der Waals surface area contributed by atoms with Gasteiger partial charge < -0.3 is 10.1 Å². The van der Waals surface area contributed by atoms with Crippen LogP contribution in [0, 0.1) is 10.1 Å². The highest BCUT2D eigenvalue weighted by Crippen LogP contribution is 2.22. The number of nitro groups is 1. The zero-order chi connectivity index (χ0) is 17.2. The number of hydrogen-bond acceptors (Lipinski definition) is 6. The summed E-state index contributed by atoms with van der Waals surface area (Å²) in [6.45, 7) is 0.602. The summed E-state index contributed by atoms with van der Waals surface area (Å²) in [5.41, 5.74) is 0.535. The highest BCUT2D eigenvalue weighted by molar-refractivity contribution is 8.03. The van der Waals surface area contributed by atoms with E-state index in [1.54, 1.807) is 12.2 Å². The molecule has 1 aliphatic heterocycles. The number of ether oxygens (including phenoxy) is 1. The fourth-order valence-corrected chi connectivity index (χ4v) is 2.95. The van der Waals surface area contributed by atoms with E-state index in [4.69, 9.17) is 4.74 Å². The van der Waals surface area contributed by atoms with Crippen molar-refractivity contribution < 1.29 is 14.5 Å². The van der Waals surface area contributed by atoms with Crippen molar-refractivity contribution in [2.24, 2.45) is 0 Å². The van der Waals surface area contributed by atoms with Gasteiger partial charge in [0.25, 0.3) is 0 Å². The highest BCUT2D eigenvalue weighted by Gasteiger charge is 2.30. The minimum Gasteiger partial charge on any atom is -0.453 e. The molecule has 1 saturated heterocycles. The van der Waals surface area contributed by atoms with E-state index >= 15 is 0 Å². The molecule has 1 aromatic carbocycles. The van der Waals surface area contributed by atoms with Crippen molar-refractivity contribution in [3.8, 4) is 0 Å². The number of nitrogens with one attached hydrogen (secondary N) is 1. The molecule has 0 atom stereocenters. The van der Waals surface area contributed by atoms with Crippen LogP contribution in [0.2, 0.25) is 0 Å². The van der Waals surface area contributed by atoms with Gasteiger partial charge in [-0.3, -0.25) is 10.1 Å². The second-order valence-electron chi connectivity index (χ2n) is 4.86. The Kier molecular flexibility index (Phi) is 7.10. The van der Waals surface area contributed by atoms with Crippen LogP contribution >= 0.6 is 11.8 Å². The van der Waals surface area contributed by atoms with E-state index in [0.29, 0.717) is 6.54 Å². The van der Waals surface area contributed by atoms with E-state index < -0.39 is 16.6 Å². The van der Waals surface area contributed by atoms with Crippen LogP contribution in [0.3, 0.4) is 0 Å². The molecule has 1 heterocycles. The van der Waals surface area contributed by atoms with E-state index in [2.05, 4.69) is 5.32 Å². The SMILES string of the molecule is O=C(OC/C=C/C=C/c1ccccc1)/C(=C1\NCCCS1)[N+](=O)[O-]. The summed E-state index contributed by atoms with van der Waals surface area (Å²) in [6, 6.07) is 9.75. The molecule has 0 bridgehead atoms.